The van der Waals surface area contributed by atoms with Crippen LogP contribution in [0.1, 0.15) is 30.1 Å². The van der Waals surface area contributed by atoms with Gasteiger partial charge in [-0.3, -0.25) is 9.59 Å². The monoisotopic (exact) mass is 344 g/mol. The number of nitrogens with one attached hydrogen (secondary N) is 1. The fourth-order valence-electron chi connectivity index (χ4n) is 3.18. The Balaban J connectivity index is 1.65. The van der Waals surface area contributed by atoms with E-state index in [4.69, 9.17) is 11.6 Å². The smallest absolute Gasteiger partial charge is 0.252 e. The third kappa shape index (κ3) is 3.54. The highest BCUT2D eigenvalue weighted by Crippen LogP contribution is 2.19. The minimum absolute atomic E-state index is 0.0319. The van der Waals surface area contributed by atoms with Crippen LogP contribution in [0.3, 0.4) is 0 Å². The highest BCUT2D eigenvalue weighted by Gasteiger charge is 2.26. The predicted molar refractivity (Wildman–Crippen MR) is 96.3 cm³/mol. The molecule has 2 amide bonds. The Hall–Kier alpha value is -2.07. The number of hydrogen-bond donors (Lipinski definition) is 1. The number of alkyl halides is 1. The predicted octanol–water partition coefficient (Wildman–Crippen LogP) is 3.19. The van der Waals surface area contributed by atoms with Gasteiger partial charge in [0.05, 0.1) is 0 Å². The first kappa shape index (κ1) is 16.8. The lowest BCUT2D eigenvalue weighted by Gasteiger charge is -2.33. The molecule has 24 heavy (non-hydrogen) atoms. The lowest BCUT2D eigenvalue weighted by molar-refractivity contribution is -0.131. The molecule has 2 aromatic carbocycles. The molecule has 0 spiro atoms. The Morgan fingerprint density at radius 3 is 2.50 bits per heavy atom. The van der Waals surface area contributed by atoms with Gasteiger partial charge in [-0.15, -0.1) is 11.6 Å². The van der Waals surface area contributed by atoms with Crippen molar-refractivity contribution in [1.82, 2.24) is 10.2 Å². The maximum Gasteiger partial charge on any atom is 0.252 e. The van der Waals surface area contributed by atoms with E-state index >= 15 is 0 Å². The van der Waals surface area contributed by atoms with E-state index in [0.29, 0.717) is 18.7 Å². The van der Waals surface area contributed by atoms with Crippen molar-refractivity contribution in [1.29, 1.82) is 0 Å². The highest BCUT2D eigenvalue weighted by molar-refractivity contribution is 6.30. The summed E-state index contributed by atoms with van der Waals surface area (Å²) < 4.78 is 0. The number of likely N-dealkylation sites (tertiary alicyclic amines) is 1. The molecule has 0 bridgehead atoms. The zero-order chi connectivity index (χ0) is 17.1. The lowest BCUT2D eigenvalue weighted by Crippen LogP contribution is -2.48. The molecule has 1 aliphatic heterocycles. The van der Waals surface area contributed by atoms with Crippen LogP contribution in [0.5, 0.6) is 0 Å². The van der Waals surface area contributed by atoms with E-state index in [0.717, 1.165) is 23.6 Å². The number of fused-ring (bicyclic) bond motifs is 1. The van der Waals surface area contributed by atoms with Crippen molar-refractivity contribution in [3.8, 4) is 0 Å². The SMILES string of the molecule is CC(Cl)C(=O)N1CCC(NC(=O)c2cccc3ccccc23)CC1. The van der Waals surface area contributed by atoms with Crippen LogP contribution in [0.4, 0.5) is 0 Å². The van der Waals surface area contributed by atoms with Crippen LogP contribution in [0, 0.1) is 0 Å². The Morgan fingerprint density at radius 2 is 1.79 bits per heavy atom. The van der Waals surface area contributed by atoms with Gasteiger partial charge in [-0.05, 0) is 36.6 Å². The quantitative estimate of drug-likeness (QED) is 0.869. The molecule has 0 aliphatic carbocycles. The van der Waals surface area contributed by atoms with E-state index in [-0.39, 0.29) is 17.9 Å². The molecule has 0 saturated carbocycles. The second-order valence-electron chi connectivity index (χ2n) is 6.22. The summed E-state index contributed by atoms with van der Waals surface area (Å²) >= 11 is 5.86. The second kappa shape index (κ2) is 7.22. The van der Waals surface area contributed by atoms with E-state index in [1.54, 1.807) is 11.8 Å². The number of halogens is 1. The first-order valence-corrected chi connectivity index (χ1v) is 8.71. The molecule has 1 unspecified atom stereocenters. The Labute approximate surface area is 146 Å². The molecule has 0 aromatic heterocycles. The normalized spacial score (nSPS) is 16.8. The zero-order valence-electron chi connectivity index (χ0n) is 13.7. The molecule has 5 heteroatoms. The number of piperidine rings is 1. The maximum atomic E-state index is 12.6. The molecule has 0 radical (unpaired) electrons. The lowest BCUT2D eigenvalue weighted by atomic mass is 10.0. The molecular formula is C19H21ClN2O2. The Kier molecular flexibility index (Phi) is 5.05. The maximum absolute atomic E-state index is 12.6. The molecule has 126 valence electrons. The van der Waals surface area contributed by atoms with Crippen molar-refractivity contribution in [2.75, 3.05) is 13.1 Å². The summed E-state index contributed by atoms with van der Waals surface area (Å²) in [6, 6.07) is 13.7. The van der Waals surface area contributed by atoms with Crippen molar-refractivity contribution in [3.05, 3.63) is 48.0 Å². The molecule has 4 nitrogen and oxygen atoms in total. The van der Waals surface area contributed by atoms with Gasteiger partial charge in [-0.2, -0.15) is 0 Å². The average molecular weight is 345 g/mol. The van der Waals surface area contributed by atoms with Gasteiger partial charge in [-0.1, -0.05) is 36.4 Å². The molecular weight excluding hydrogens is 324 g/mol. The van der Waals surface area contributed by atoms with Crippen LogP contribution < -0.4 is 5.32 Å². The van der Waals surface area contributed by atoms with Crippen LogP contribution in [0.2, 0.25) is 0 Å². The van der Waals surface area contributed by atoms with Gasteiger partial charge >= 0.3 is 0 Å². The third-order valence-electron chi connectivity index (χ3n) is 4.52. The Bertz CT molecular complexity index is 747. The zero-order valence-corrected chi connectivity index (χ0v) is 14.4. The highest BCUT2D eigenvalue weighted by atomic mass is 35.5. The topological polar surface area (TPSA) is 49.4 Å². The van der Waals surface area contributed by atoms with Crippen molar-refractivity contribution in [2.45, 2.75) is 31.2 Å². The largest absolute Gasteiger partial charge is 0.349 e. The number of nitrogens with zero attached hydrogens (tertiary/aromatic N) is 1. The number of benzene rings is 2. The van der Waals surface area contributed by atoms with Gasteiger partial charge in [0.2, 0.25) is 5.91 Å². The molecule has 3 rings (SSSR count). The Morgan fingerprint density at radius 1 is 1.12 bits per heavy atom. The molecule has 1 aliphatic rings. The van der Waals surface area contributed by atoms with Crippen molar-refractivity contribution in [3.63, 3.8) is 0 Å². The van der Waals surface area contributed by atoms with Gasteiger partial charge in [0, 0.05) is 24.7 Å². The first-order valence-electron chi connectivity index (χ1n) is 8.28. The van der Waals surface area contributed by atoms with Gasteiger partial charge in [0.15, 0.2) is 0 Å². The van der Waals surface area contributed by atoms with Crippen LogP contribution >= 0.6 is 11.6 Å². The molecule has 1 heterocycles. The second-order valence-corrected chi connectivity index (χ2v) is 6.87. The summed E-state index contributed by atoms with van der Waals surface area (Å²) in [5.74, 6) is -0.0854. The van der Waals surface area contributed by atoms with Gasteiger partial charge in [-0.25, -0.2) is 0 Å². The molecule has 1 N–H and O–H groups in total. The first-order chi connectivity index (χ1) is 11.6. The van der Waals surface area contributed by atoms with Crippen molar-refractivity contribution < 1.29 is 9.59 Å². The summed E-state index contributed by atoms with van der Waals surface area (Å²) in [5, 5.41) is 4.63. The minimum Gasteiger partial charge on any atom is -0.349 e. The van der Waals surface area contributed by atoms with Gasteiger partial charge in [0.25, 0.3) is 5.91 Å². The average Bonchev–Trinajstić information content (AvgIpc) is 2.61. The molecule has 2 aromatic rings. The fraction of sp³-hybridized carbons (Fsp3) is 0.368. The van der Waals surface area contributed by atoms with E-state index in [1.807, 2.05) is 42.5 Å². The van der Waals surface area contributed by atoms with Crippen molar-refractivity contribution in [2.24, 2.45) is 0 Å². The van der Waals surface area contributed by atoms with E-state index in [1.165, 1.54) is 0 Å². The third-order valence-corrected chi connectivity index (χ3v) is 4.70. The van der Waals surface area contributed by atoms with Crippen LogP contribution in [0.25, 0.3) is 10.8 Å². The molecule has 1 saturated heterocycles. The summed E-state index contributed by atoms with van der Waals surface area (Å²) in [5.41, 5.74) is 0.695. The summed E-state index contributed by atoms with van der Waals surface area (Å²) in [7, 11) is 0. The molecule has 1 fully saturated rings. The summed E-state index contributed by atoms with van der Waals surface area (Å²) in [6.07, 6.45) is 1.51. The number of rotatable bonds is 3. The van der Waals surface area contributed by atoms with E-state index in [9.17, 15) is 9.59 Å². The van der Waals surface area contributed by atoms with E-state index in [2.05, 4.69) is 5.32 Å². The van der Waals surface area contributed by atoms with Crippen molar-refractivity contribution >= 4 is 34.2 Å². The number of carbonyl (C=O) groups excluding carboxylic acids is 2. The number of carbonyl (C=O) groups is 2. The van der Waals surface area contributed by atoms with Crippen LogP contribution in [-0.2, 0) is 4.79 Å². The number of hydrogen-bond acceptors (Lipinski definition) is 2. The number of amides is 2. The van der Waals surface area contributed by atoms with E-state index < -0.39 is 5.38 Å². The van der Waals surface area contributed by atoms with Crippen LogP contribution in [-0.4, -0.2) is 41.2 Å². The summed E-state index contributed by atoms with van der Waals surface area (Å²) in [6.45, 7) is 2.96. The van der Waals surface area contributed by atoms with Gasteiger partial charge in [0.1, 0.15) is 5.38 Å². The summed E-state index contributed by atoms with van der Waals surface area (Å²) in [4.78, 5) is 26.3. The van der Waals surface area contributed by atoms with Gasteiger partial charge < -0.3 is 10.2 Å². The minimum atomic E-state index is -0.494. The fourth-order valence-corrected chi connectivity index (χ4v) is 3.32. The van der Waals surface area contributed by atoms with Crippen LogP contribution in [0.15, 0.2) is 42.5 Å². The standard InChI is InChI=1S/C19H21ClN2O2/c1-13(20)19(24)22-11-9-15(10-12-22)21-18(23)17-8-4-6-14-5-2-3-7-16(14)17/h2-8,13,15H,9-12H2,1H3,(H,21,23). The molecule has 1 atom stereocenters.